The molecule has 26 heavy (non-hydrogen) atoms. The number of nitrogens with zero attached hydrogens (tertiary/aromatic N) is 3. The van der Waals surface area contributed by atoms with Crippen molar-refractivity contribution in [1.82, 2.24) is 19.5 Å². The van der Waals surface area contributed by atoms with Gasteiger partial charge >= 0.3 is 0 Å². The van der Waals surface area contributed by atoms with Gasteiger partial charge in [-0.3, -0.25) is 14.0 Å². The Morgan fingerprint density at radius 2 is 2.04 bits per heavy atom. The SMILES string of the molecule is O=C(CCCn1ncn2c(cc3occc32)c1=O)NC1CCCCCC1. The van der Waals surface area contributed by atoms with E-state index in [1.54, 1.807) is 23.1 Å². The van der Waals surface area contributed by atoms with Crippen molar-refractivity contribution in [2.24, 2.45) is 0 Å². The van der Waals surface area contributed by atoms with Crippen molar-refractivity contribution in [2.45, 2.75) is 64.0 Å². The van der Waals surface area contributed by atoms with Crippen molar-refractivity contribution in [2.75, 3.05) is 0 Å². The molecule has 0 atom stereocenters. The molecule has 1 aliphatic carbocycles. The molecule has 0 unspecified atom stereocenters. The summed E-state index contributed by atoms with van der Waals surface area (Å²) in [5, 5.41) is 7.37. The van der Waals surface area contributed by atoms with Gasteiger partial charge in [0.1, 0.15) is 11.8 Å². The molecule has 7 nitrogen and oxygen atoms in total. The van der Waals surface area contributed by atoms with Crippen LogP contribution in [0.3, 0.4) is 0 Å². The maximum absolute atomic E-state index is 12.6. The molecule has 0 aliphatic heterocycles. The highest BCUT2D eigenvalue weighted by Gasteiger charge is 2.15. The van der Waals surface area contributed by atoms with Crippen LogP contribution in [0.25, 0.3) is 16.6 Å². The maximum atomic E-state index is 12.6. The van der Waals surface area contributed by atoms with E-state index in [-0.39, 0.29) is 11.5 Å². The van der Waals surface area contributed by atoms with Gasteiger partial charge in [-0.2, -0.15) is 5.10 Å². The third kappa shape index (κ3) is 3.38. The molecule has 4 rings (SSSR count). The van der Waals surface area contributed by atoms with Gasteiger partial charge in [-0.1, -0.05) is 25.7 Å². The van der Waals surface area contributed by atoms with E-state index in [4.69, 9.17) is 4.42 Å². The van der Waals surface area contributed by atoms with Gasteiger partial charge in [0.15, 0.2) is 5.58 Å². The lowest BCUT2D eigenvalue weighted by molar-refractivity contribution is -0.122. The Hall–Kier alpha value is -2.57. The molecule has 0 radical (unpaired) electrons. The zero-order valence-electron chi connectivity index (χ0n) is 14.8. The Morgan fingerprint density at radius 3 is 2.85 bits per heavy atom. The zero-order chi connectivity index (χ0) is 17.9. The van der Waals surface area contributed by atoms with Gasteiger partial charge in [0.2, 0.25) is 5.91 Å². The van der Waals surface area contributed by atoms with E-state index in [1.807, 2.05) is 6.07 Å². The van der Waals surface area contributed by atoms with Gasteiger partial charge in [-0.15, -0.1) is 0 Å². The van der Waals surface area contributed by atoms with Crippen LogP contribution in [0.15, 0.2) is 33.9 Å². The van der Waals surface area contributed by atoms with Crippen molar-refractivity contribution in [1.29, 1.82) is 0 Å². The summed E-state index contributed by atoms with van der Waals surface area (Å²) in [4.78, 5) is 24.7. The quantitative estimate of drug-likeness (QED) is 0.713. The first-order valence-electron chi connectivity index (χ1n) is 9.46. The molecule has 1 amide bonds. The number of carbonyl (C=O) groups is 1. The lowest BCUT2D eigenvalue weighted by Gasteiger charge is -2.16. The first-order chi connectivity index (χ1) is 12.7. The molecular weight excluding hydrogens is 332 g/mol. The number of hydrogen-bond donors (Lipinski definition) is 1. The molecule has 1 fully saturated rings. The van der Waals surface area contributed by atoms with Crippen molar-refractivity contribution in [3.63, 3.8) is 0 Å². The standard InChI is InChI=1S/C19H24N4O3/c24-18(21-14-6-3-1-2-4-7-14)8-5-10-23-19(25)16-12-17-15(9-11-26-17)22(16)13-20-23/h9,11-14H,1-8,10H2,(H,21,24). The van der Waals surface area contributed by atoms with Gasteiger partial charge < -0.3 is 9.73 Å². The number of aromatic nitrogens is 3. The number of amides is 1. The number of hydrogen-bond acceptors (Lipinski definition) is 4. The van der Waals surface area contributed by atoms with E-state index in [9.17, 15) is 9.59 Å². The molecule has 3 aromatic rings. The molecular formula is C19H24N4O3. The second kappa shape index (κ2) is 7.35. The summed E-state index contributed by atoms with van der Waals surface area (Å²) in [6, 6.07) is 3.86. The molecule has 1 saturated carbocycles. The first-order valence-corrected chi connectivity index (χ1v) is 9.46. The zero-order valence-corrected chi connectivity index (χ0v) is 14.8. The van der Waals surface area contributed by atoms with Crippen molar-refractivity contribution in [3.8, 4) is 0 Å². The Kier molecular flexibility index (Phi) is 4.77. The van der Waals surface area contributed by atoms with Crippen LogP contribution in [0, 0.1) is 0 Å². The Labute approximate surface area is 151 Å². The van der Waals surface area contributed by atoms with Crippen LogP contribution in [-0.2, 0) is 11.3 Å². The second-order valence-corrected chi connectivity index (χ2v) is 7.09. The molecule has 3 aromatic heterocycles. The van der Waals surface area contributed by atoms with Crippen LogP contribution in [0.1, 0.15) is 51.4 Å². The Morgan fingerprint density at radius 1 is 1.23 bits per heavy atom. The summed E-state index contributed by atoms with van der Waals surface area (Å²) in [5.74, 6) is 0.0752. The minimum atomic E-state index is -0.164. The van der Waals surface area contributed by atoms with Crippen molar-refractivity contribution >= 4 is 22.5 Å². The average Bonchev–Trinajstić information content (AvgIpc) is 3.12. The van der Waals surface area contributed by atoms with E-state index in [1.165, 1.54) is 30.4 Å². The van der Waals surface area contributed by atoms with Crippen LogP contribution in [0.2, 0.25) is 0 Å². The summed E-state index contributed by atoms with van der Waals surface area (Å²) in [6.07, 6.45) is 11.3. The van der Waals surface area contributed by atoms with Gasteiger partial charge in [0, 0.05) is 31.1 Å². The number of carbonyl (C=O) groups excluding carboxylic acids is 1. The van der Waals surface area contributed by atoms with Gasteiger partial charge in [-0.05, 0) is 19.3 Å². The monoisotopic (exact) mass is 356 g/mol. The molecule has 0 spiro atoms. The van der Waals surface area contributed by atoms with Gasteiger partial charge in [0.25, 0.3) is 5.56 Å². The first kappa shape index (κ1) is 16.9. The highest BCUT2D eigenvalue weighted by molar-refractivity contribution is 5.81. The van der Waals surface area contributed by atoms with Crippen LogP contribution < -0.4 is 10.9 Å². The lowest BCUT2D eigenvalue weighted by atomic mass is 10.1. The number of fused-ring (bicyclic) bond motifs is 3. The fourth-order valence-corrected chi connectivity index (χ4v) is 3.80. The van der Waals surface area contributed by atoms with Crippen LogP contribution in [-0.4, -0.2) is 26.1 Å². The van der Waals surface area contributed by atoms with E-state index in [2.05, 4.69) is 10.4 Å². The molecule has 7 heteroatoms. The minimum Gasteiger partial charge on any atom is -0.463 e. The molecule has 0 saturated heterocycles. The fourth-order valence-electron chi connectivity index (χ4n) is 3.80. The van der Waals surface area contributed by atoms with E-state index in [0.717, 1.165) is 18.4 Å². The molecule has 138 valence electrons. The van der Waals surface area contributed by atoms with Crippen molar-refractivity contribution in [3.05, 3.63) is 35.1 Å². The number of rotatable bonds is 5. The summed E-state index contributed by atoms with van der Waals surface area (Å²) >= 11 is 0. The maximum Gasteiger partial charge on any atom is 0.291 e. The fraction of sp³-hybridized carbons (Fsp3) is 0.526. The van der Waals surface area contributed by atoms with E-state index >= 15 is 0 Å². The summed E-state index contributed by atoms with van der Waals surface area (Å²) in [5.41, 5.74) is 1.88. The number of aryl methyl sites for hydroxylation is 1. The second-order valence-electron chi connectivity index (χ2n) is 7.09. The summed E-state index contributed by atoms with van der Waals surface area (Å²) in [6.45, 7) is 0.431. The molecule has 1 aliphatic rings. The van der Waals surface area contributed by atoms with Gasteiger partial charge in [0.05, 0.1) is 11.8 Å². The molecule has 3 heterocycles. The molecule has 0 bridgehead atoms. The van der Waals surface area contributed by atoms with Crippen LogP contribution in [0.5, 0.6) is 0 Å². The summed E-state index contributed by atoms with van der Waals surface area (Å²) < 4.78 is 8.50. The normalized spacial score (nSPS) is 16.2. The topological polar surface area (TPSA) is 81.5 Å². The predicted octanol–water partition coefficient (Wildman–Crippen LogP) is 2.86. The Bertz CT molecular complexity index is 960. The largest absolute Gasteiger partial charge is 0.463 e. The predicted molar refractivity (Wildman–Crippen MR) is 98.1 cm³/mol. The lowest BCUT2D eigenvalue weighted by Crippen LogP contribution is -2.34. The third-order valence-electron chi connectivity index (χ3n) is 5.21. The smallest absolute Gasteiger partial charge is 0.291 e. The third-order valence-corrected chi connectivity index (χ3v) is 5.21. The average molecular weight is 356 g/mol. The molecule has 1 N–H and O–H groups in total. The highest BCUT2D eigenvalue weighted by atomic mass is 16.3. The number of nitrogens with one attached hydrogen (secondary N) is 1. The van der Waals surface area contributed by atoms with Crippen molar-refractivity contribution < 1.29 is 9.21 Å². The van der Waals surface area contributed by atoms with Crippen LogP contribution >= 0.6 is 0 Å². The van der Waals surface area contributed by atoms with Crippen LogP contribution in [0.4, 0.5) is 0 Å². The summed E-state index contributed by atoms with van der Waals surface area (Å²) in [7, 11) is 0. The number of furan rings is 1. The Balaban J connectivity index is 1.36. The highest BCUT2D eigenvalue weighted by Crippen LogP contribution is 2.19. The molecule has 0 aromatic carbocycles. The van der Waals surface area contributed by atoms with Gasteiger partial charge in [-0.25, -0.2) is 4.68 Å². The van der Waals surface area contributed by atoms with E-state index in [0.29, 0.717) is 36.5 Å². The minimum absolute atomic E-state index is 0.0752. The van der Waals surface area contributed by atoms with E-state index < -0.39 is 0 Å².